The van der Waals surface area contributed by atoms with E-state index in [4.69, 9.17) is 10.2 Å². The second-order valence-corrected chi connectivity index (χ2v) is 4.32. The lowest BCUT2D eigenvalue weighted by Crippen LogP contribution is -2.00. The first-order valence-corrected chi connectivity index (χ1v) is 6.13. The van der Waals surface area contributed by atoms with Crippen molar-refractivity contribution in [2.75, 3.05) is 6.61 Å². The summed E-state index contributed by atoms with van der Waals surface area (Å²) in [5, 5.41) is 19.0. The molecule has 0 fully saturated rings. The quantitative estimate of drug-likeness (QED) is 0.852. The summed E-state index contributed by atoms with van der Waals surface area (Å²) in [6, 6.07) is 5.21. The standard InChI is InChI=1S/C14H17NO3/c1-2-10-9-15(6-3-7-16)13-8-11(14(17)18)4-5-12(10)13/h4-5,8-9,16H,2-3,6-7H2,1H3,(H,17,18). The highest BCUT2D eigenvalue weighted by Gasteiger charge is 2.10. The van der Waals surface area contributed by atoms with Crippen LogP contribution in [0.3, 0.4) is 0 Å². The number of fused-ring (bicyclic) bond motifs is 1. The lowest BCUT2D eigenvalue weighted by atomic mass is 10.1. The number of hydrogen-bond acceptors (Lipinski definition) is 2. The molecule has 0 saturated heterocycles. The van der Waals surface area contributed by atoms with Crippen LogP contribution in [0.4, 0.5) is 0 Å². The van der Waals surface area contributed by atoms with Crippen molar-refractivity contribution in [3.05, 3.63) is 35.5 Å². The number of carboxylic acids is 1. The first kappa shape index (κ1) is 12.6. The van der Waals surface area contributed by atoms with E-state index in [2.05, 4.69) is 6.92 Å². The van der Waals surface area contributed by atoms with Crippen LogP contribution in [0.15, 0.2) is 24.4 Å². The summed E-state index contributed by atoms with van der Waals surface area (Å²) in [5.74, 6) is -0.912. The van der Waals surface area contributed by atoms with Crippen LogP contribution >= 0.6 is 0 Å². The van der Waals surface area contributed by atoms with E-state index < -0.39 is 5.97 Å². The first-order chi connectivity index (χ1) is 8.67. The SMILES string of the molecule is CCc1cn(CCCO)c2cc(C(=O)O)ccc12. The van der Waals surface area contributed by atoms with Gasteiger partial charge in [-0.25, -0.2) is 4.79 Å². The fourth-order valence-electron chi connectivity index (χ4n) is 2.21. The Hall–Kier alpha value is -1.81. The molecule has 0 aliphatic rings. The molecule has 4 nitrogen and oxygen atoms in total. The Morgan fingerprint density at radius 3 is 2.78 bits per heavy atom. The average Bonchev–Trinajstić information content (AvgIpc) is 2.73. The number of rotatable bonds is 5. The van der Waals surface area contributed by atoms with Gasteiger partial charge in [0.1, 0.15) is 0 Å². The summed E-state index contributed by atoms with van der Waals surface area (Å²) in [5.41, 5.74) is 2.44. The highest BCUT2D eigenvalue weighted by atomic mass is 16.4. The van der Waals surface area contributed by atoms with E-state index in [1.807, 2.05) is 16.8 Å². The largest absolute Gasteiger partial charge is 0.478 e. The van der Waals surface area contributed by atoms with E-state index in [9.17, 15) is 4.79 Å². The molecular formula is C14H17NO3. The fraction of sp³-hybridized carbons (Fsp3) is 0.357. The van der Waals surface area contributed by atoms with Gasteiger partial charge in [-0.1, -0.05) is 13.0 Å². The molecule has 0 atom stereocenters. The molecule has 0 unspecified atom stereocenters. The van der Waals surface area contributed by atoms with Crippen molar-refractivity contribution in [1.29, 1.82) is 0 Å². The van der Waals surface area contributed by atoms with Crippen LogP contribution in [0.1, 0.15) is 29.3 Å². The van der Waals surface area contributed by atoms with E-state index in [0.717, 1.165) is 17.3 Å². The monoisotopic (exact) mass is 247 g/mol. The second-order valence-electron chi connectivity index (χ2n) is 4.32. The smallest absolute Gasteiger partial charge is 0.335 e. The summed E-state index contributed by atoms with van der Waals surface area (Å²) < 4.78 is 2.02. The molecule has 1 heterocycles. The van der Waals surface area contributed by atoms with Crippen molar-refractivity contribution in [1.82, 2.24) is 4.57 Å². The molecule has 0 aliphatic carbocycles. The Bertz CT molecular complexity index is 572. The Kier molecular flexibility index (Phi) is 3.67. The molecule has 2 aromatic rings. The van der Waals surface area contributed by atoms with Crippen LogP contribution in [-0.2, 0) is 13.0 Å². The van der Waals surface area contributed by atoms with Gasteiger partial charge in [-0.3, -0.25) is 0 Å². The van der Waals surface area contributed by atoms with Gasteiger partial charge in [0.25, 0.3) is 0 Å². The van der Waals surface area contributed by atoms with Crippen LogP contribution in [0.2, 0.25) is 0 Å². The zero-order chi connectivity index (χ0) is 13.1. The minimum absolute atomic E-state index is 0.139. The van der Waals surface area contributed by atoms with Gasteiger partial charge >= 0.3 is 5.97 Å². The summed E-state index contributed by atoms with van der Waals surface area (Å²) in [6.45, 7) is 2.92. The molecule has 1 aromatic heterocycles. The van der Waals surface area contributed by atoms with Gasteiger partial charge in [0.15, 0.2) is 0 Å². The van der Waals surface area contributed by atoms with E-state index >= 15 is 0 Å². The second kappa shape index (κ2) is 5.23. The maximum Gasteiger partial charge on any atom is 0.335 e. The van der Waals surface area contributed by atoms with Crippen LogP contribution in [0.5, 0.6) is 0 Å². The Labute approximate surface area is 105 Å². The Morgan fingerprint density at radius 2 is 2.17 bits per heavy atom. The van der Waals surface area contributed by atoms with Gasteiger partial charge in [0.2, 0.25) is 0 Å². The lowest BCUT2D eigenvalue weighted by molar-refractivity contribution is 0.0697. The van der Waals surface area contributed by atoms with E-state index in [-0.39, 0.29) is 6.61 Å². The van der Waals surface area contributed by atoms with Crippen molar-refractivity contribution in [3.63, 3.8) is 0 Å². The molecule has 1 aromatic carbocycles. The number of aliphatic hydroxyl groups is 1. The minimum Gasteiger partial charge on any atom is -0.478 e. The van der Waals surface area contributed by atoms with E-state index in [0.29, 0.717) is 18.5 Å². The molecule has 0 aliphatic heterocycles. The molecule has 2 rings (SSSR count). The molecule has 0 spiro atoms. The number of nitrogens with zero attached hydrogens (tertiary/aromatic N) is 1. The lowest BCUT2D eigenvalue weighted by Gasteiger charge is -2.04. The number of carbonyl (C=O) groups is 1. The highest BCUT2D eigenvalue weighted by Crippen LogP contribution is 2.23. The number of aromatic carboxylic acids is 1. The number of benzene rings is 1. The predicted molar refractivity (Wildman–Crippen MR) is 70.0 cm³/mol. The number of aryl methyl sites for hydroxylation is 2. The van der Waals surface area contributed by atoms with Gasteiger partial charge in [0.05, 0.1) is 5.56 Å². The van der Waals surface area contributed by atoms with Gasteiger partial charge in [0, 0.05) is 30.3 Å². The van der Waals surface area contributed by atoms with Crippen molar-refractivity contribution >= 4 is 16.9 Å². The van der Waals surface area contributed by atoms with Gasteiger partial charge in [-0.15, -0.1) is 0 Å². The maximum atomic E-state index is 11.0. The van der Waals surface area contributed by atoms with Crippen molar-refractivity contribution in [2.45, 2.75) is 26.3 Å². The van der Waals surface area contributed by atoms with Crippen molar-refractivity contribution < 1.29 is 15.0 Å². The molecule has 96 valence electrons. The predicted octanol–water partition coefficient (Wildman–Crippen LogP) is 2.28. The third-order valence-electron chi connectivity index (χ3n) is 3.15. The Balaban J connectivity index is 2.54. The molecule has 18 heavy (non-hydrogen) atoms. The topological polar surface area (TPSA) is 62.5 Å². The zero-order valence-corrected chi connectivity index (χ0v) is 10.4. The van der Waals surface area contributed by atoms with E-state index in [1.54, 1.807) is 12.1 Å². The summed E-state index contributed by atoms with van der Waals surface area (Å²) in [7, 11) is 0. The number of aliphatic hydroxyl groups excluding tert-OH is 1. The maximum absolute atomic E-state index is 11.0. The molecule has 0 amide bonds. The number of aromatic nitrogens is 1. The van der Waals surface area contributed by atoms with E-state index in [1.165, 1.54) is 5.56 Å². The molecule has 0 radical (unpaired) electrons. The molecular weight excluding hydrogens is 230 g/mol. The van der Waals surface area contributed by atoms with Crippen molar-refractivity contribution in [2.24, 2.45) is 0 Å². The van der Waals surface area contributed by atoms with Crippen molar-refractivity contribution in [3.8, 4) is 0 Å². The third-order valence-corrected chi connectivity index (χ3v) is 3.15. The molecule has 0 bridgehead atoms. The van der Waals surface area contributed by atoms with Crippen LogP contribution in [0, 0.1) is 0 Å². The number of carboxylic acid groups (broad SMARTS) is 1. The summed E-state index contributed by atoms with van der Waals surface area (Å²) in [4.78, 5) is 11.0. The number of hydrogen-bond donors (Lipinski definition) is 2. The molecule has 0 saturated carbocycles. The Morgan fingerprint density at radius 1 is 1.39 bits per heavy atom. The fourth-order valence-corrected chi connectivity index (χ4v) is 2.21. The van der Waals surface area contributed by atoms with Gasteiger partial charge < -0.3 is 14.8 Å². The highest BCUT2D eigenvalue weighted by molar-refractivity contribution is 5.94. The summed E-state index contributed by atoms with van der Waals surface area (Å²) >= 11 is 0. The molecule has 2 N–H and O–H groups in total. The van der Waals surface area contributed by atoms with Gasteiger partial charge in [-0.2, -0.15) is 0 Å². The van der Waals surface area contributed by atoms with Crippen LogP contribution in [-0.4, -0.2) is 27.4 Å². The zero-order valence-electron chi connectivity index (χ0n) is 10.4. The molecule has 4 heteroatoms. The normalized spacial score (nSPS) is 11.0. The average molecular weight is 247 g/mol. The van der Waals surface area contributed by atoms with Crippen LogP contribution in [0.25, 0.3) is 10.9 Å². The minimum atomic E-state index is -0.912. The third kappa shape index (κ3) is 2.24. The summed E-state index contributed by atoms with van der Waals surface area (Å²) in [6.07, 6.45) is 3.63. The van der Waals surface area contributed by atoms with Crippen LogP contribution < -0.4 is 0 Å². The van der Waals surface area contributed by atoms with Gasteiger partial charge in [-0.05, 0) is 30.5 Å². The first-order valence-electron chi connectivity index (χ1n) is 6.13.